The number of hydrogen-bond donors (Lipinski definition) is 0. The minimum absolute atomic E-state index is 0.00466. The van der Waals surface area contributed by atoms with Gasteiger partial charge in [-0.05, 0) is 54.2 Å². The maximum atomic E-state index is 14.8. The van der Waals surface area contributed by atoms with Crippen LogP contribution in [0.1, 0.15) is 30.9 Å². The molecule has 0 spiro atoms. The van der Waals surface area contributed by atoms with E-state index >= 15 is 0 Å². The second-order valence-electron chi connectivity index (χ2n) is 5.81. The first-order chi connectivity index (χ1) is 11.0. The summed E-state index contributed by atoms with van der Waals surface area (Å²) in [7, 11) is 0. The van der Waals surface area contributed by atoms with Crippen molar-refractivity contribution in [2.45, 2.75) is 32.6 Å². The predicted octanol–water partition coefficient (Wildman–Crippen LogP) is 5.74. The van der Waals surface area contributed by atoms with Crippen LogP contribution in [0.4, 0.5) is 17.6 Å². The Kier molecular flexibility index (Phi) is 4.24. The lowest BCUT2D eigenvalue weighted by molar-refractivity contribution is 0.508. The van der Waals surface area contributed by atoms with E-state index in [9.17, 15) is 17.6 Å². The van der Waals surface area contributed by atoms with E-state index in [1.54, 1.807) is 0 Å². The summed E-state index contributed by atoms with van der Waals surface area (Å²) in [5, 5.41) is 0. The fourth-order valence-corrected chi connectivity index (χ4v) is 3.08. The van der Waals surface area contributed by atoms with Crippen molar-refractivity contribution < 1.29 is 17.6 Å². The molecule has 3 rings (SSSR count). The highest BCUT2D eigenvalue weighted by atomic mass is 19.2. The molecule has 0 fully saturated rings. The molecule has 0 N–H and O–H groups in total. The van der Waals surface area contributed by atoms with E-state index in [1.807, 2.05) is 6.08 Å². The van der Waals surface area contributed by atoms with Crippen molar-refractivity contribution in [3.8, 4) is 11.1 Å². The minimum Gasteiger partial charge on any atom is -0.206 e. The molecule has 0 saturated carbocycles. The maximum Gasteiger partial charge on any atom is 0.159 e. The second kappa shape index (κ2) is 6.19. The standard InChI is InChI=1S/C19H16F4/c1-2-3-11-4-6-14-13(8-11)10-17(22)18(19(14)23)12-5-7-15(20)16(21)9-12/h4-5,7,9-10H,2-3,6,8H2,1H3. The summed E-state index contributed by atoms with van der Waals surface area (Å²) in [5.41, 5.74) is 1.96. The summed E-state index contributed by atoms with van der Waals surface area (Å²) in [5.74, 6) is -3.59. The number of halogens is 4. The molecule has 0 amide bonds. The predicted molar refractivity (Wildman–Crippen MR) is 82.1 cm³/mol. The van der Waals surface area contributed by atoms with Crippen molar-refractivity contribution in [2.75, 3.05) is 0 Å². The number of benzene rings is 2. The van der Waals surface area contributed by atoms with E-state index in [-0.39, 0.29) is 11.1 Å². The van der Waals surface area contributed by atoms with Crippen molar-refractivity contribution >= 4 is 0 Å². The molecule has 1 aliphatic rings. The topological polar surface area (TPSA) is 0 Å². The molecule has 120 valence electrons. The van der Waals surface area contributed by atoms with Gasteiger partial charge in [0.2, 0.25) is 0 Å². The SMILES string of the molecule is CCCC1=CCc2c(cc(F)c(-c3ccc(F)c(F)c3)c2F)C1. The third kappa shape index (κ3) is 2.90. The molecule has 0 aliphatic heterocycles. The average molecular weight is 320 g/mol. The van der Waals surface area contributed by atoms with Gasteiger partial charge in [-0.15, -0.1) is 0 Å². The van der Waals surface area contributed by atoms with E-state index < -0.39 is 23.3 Å². The summed E-state index contributed by atoms with van der Waals surface area (Å²) in [6, 6.07) is 4.21. The van der Waals surface area contributed by atoms with Crippen molar-refractivity contribution in [2.24, 2.45) is 0 Å². The lowest BCUT2D eigenvalue weighted by Gasteiger charge is -2.20. The van der Waals surface area contributed by atoms with Gasteiger partial charge in [-0.3, -0.25) is 0 Å². The normalized spacial score (nSPS) is 13.7. The highest BCUT2D eigenvalue weighted by Gasteiger charge is 2.22. The average Bonchev–Trinajstić information content (AvgIpc) is 2.51. The van der Waals surface area contributed by atoms with E-state index in [2.05, 4.69) is 6.92 Å². The van der Waals surface area contributed by atoms with Crippen LogP contribution < -0.4 is 0 Å². The van der Waals surface area contributed by atoms with E-state index in [4.69, 9.17) is 0 Å². The zero-order chi connectivity index (χ0) is 16.6. The Morgan fingerprint density at radius 3 is 2.43 bits per heavy atom. The minimum atomic E-state index is -1.12. The van der Waals surface area contributed by atoms with Crippen molar-refractivity contribution in [1.82, 2.24) is 0 Å². The molecule has 0 aromatic heterocycles. The van der Waals surface area contributed by atoms with Crippen LogP contribution in [0, 0.1) is 23.3 Å². The Labute approximate surface area is 132 Å². The van der Waals surface area contributed by atoms with Gasteiger partial charge in [-0.1, -0.05) is 31.1 Å². The van der Waals surface area contributed by atoms with Crippen molar-refractivity contribution in [1.29, 1.82) is 0 Å². The van der Waals surface area contributed by atoms with Gasteiger partial charge in [-0.2, -0.15) is 0 Å². The Hall–Kier alpha value is -2.10. The van der Waals surface area contributed by atoms with Gasteiger partial charge >= 0.3 is 0 Å². The van der Waals surface area contributed by atoms with Crippen LogP contribution in [0.2, 0.25) is 0 Å². The van der Waals surface area contributed by atoms with E-state index in [1.165, 1.54) is 17.7 Å². The van der Waals surface area contributed by atoms with Gasteiger partial charge in [0.05, 0.1) is 5.56 Å². The molecular weight excluding hydrogens is 304 g/mol. The van der Waals surface area contributed by atoms with Crippen LogP contribution in [-0.4, -0.2) is 0 Å². The van der Waals surface area contributed by atoms with Gasteiger partial charge in [0.25, 0.3) is 0 Å². The molecule has 0 saturated heterocycles. The highest BCUT2D eigenvalue weighted by Crippen LogP contribution is 2.34. The zero-order valence-electron chi connectivity index (χ0n) is 12.7. The largest absolute Gasteiger partial charge is 0.206 e. The fourth-order valence-electron chi connectivity index (χ4n) is 3.08. The van der Waals surface area contributed by atoms with Gasteiger partial charge in [0.1, 0.15) is 11.6 Å². The van der Waals surface area contributed by atoms with Gasteiger partial charge in [0, 0.05) is 0 Å². The van der Waals surface area contributed by atoms with Crippen LogP contribution in [0.15, 0.2) is 35.9 Å². The first kappa shape index (κ1) is 15.8. The molecular formula is C19H16F4. The molecule has 23 heavy (non-hydrogen) atoms. The Morgan fingerprint density at radius 1 is 0.957 bits per heavy atom. The van der Waals surface area contributed by atoms with Crippen molar-refractivity contribution in [3.63, 3.8) is 0 Å². The molecule has 2 aromatic rings. The number of hydrogen-bond acceptors (Lipinski definition) is 0. The van der Waals surface area contributed by atoms with E-state index in [0.717, 1.165) is 25.0 Å². The monoisotopic (exact) mass is 320 g/mol. The molecule has 0 bridgehead atoms. The zero-order valence-corrected chi connectivity index (χ0v) is 12.7. The molecule has 2 aromatic carbocycles. The number of rotatable bonds is 3. The quantitative estimate of drug-likeness (QED) is 0.500. The lowest BCUT2D eigenvalue weighted by Crippen LogP contribution is -2.09. The van der Waals surface area contributed by atoms with Gasteiger partial charge in [0.15, 0.2) is 11.6 Å². The first-order valence-electron chi connectivity index (χ1n) is 7.64. The van der Waals surface area contributed by atoms with Gasteiger partial charge in [-0.25, -0.2) is 17.6 Å². The Bertz CT molecular complexity index is 790. The van der Waals surface area contributed by atoms with Crippen LogP contribution in [0.25, 0.3) is 11.1 Å². The third-order valence-corrected chi connectivity index (χ3v) is 4.20. The molecule has 0 heterocycles. The summed E-state index contributed by atoms with van der Waals surface area (Å²) >= 11 is 0. The fraction of sp³-hybridized carbons (Fsp3) is 0.263. The van der Waals surface area contributed by atoms with E-state index in [0.29, 0.717) is 24.0 Å². The van der Waals surface area contributed by atoms with Crippen LogP contribution in [0.5, 0.6) is 0 Å². The van der Waals surface area contributed by atoms with Gasteiger partial charge < -0.3 is 0 Å². The first-order valence-corrected chi connectivity index (χ1v) is 7.64. The van der Waals surface area contributed by atoms with Crippen LogP contribution in [0.3, 0.4) is 0 Å². The van der Waals surface area contributed by atoms with Crippen LogP contribution >= 0.6 is 0 Å². The third-order valence-electron chi connectivity index (χ3n) is 4.20. The molecule has 4 heteroatoms. The number of allylic oxidation sites excluding steroid dienone is 2. The molecule has 0 atom stereocenters. The molecule has 0 unspecified atom stereocenters. The molecule has 0 radical (unpaired) electrons. The summed E-state index contributed by atoms with van der Waals surface area (Å²) in [6.45, 7) is 2.06. The van der Waals surface area contributed by atoms with Crippen molar-refractivity contribution in [3.05, 3.63) is 70.3 Å². The lowest BCUT2D eigenvalue weighted by atomic mass is 9.86. The molecule has 0 nitrogen and oxygen atoms in total. The summed E-state index contributed by atoms with van der Waals surface area (Å²) in [6.07, 6.45) is 4.80. The van der Waals surface area contributed by atoms with Crippen LogP contribution in [-0.2, 0) is 12.8 Å². The molecule has 1 aliphatic carbocycles. The number of fused-ring (bicyclic) bond motifs is 1. The summed E-state index contributed by atoms with van der Waals surface area (Å²) < 4.78 is 55.6. The Balaban J connectivity index is 2.08. The second-order valence-corrected chi connectivity index (χ2v) is 5.81. The smallest absolute Gasteiger partial charge is 0.159 e. The highest BCUT2D eigenvalue weighted by molar-refractivity contribution is 5.67. The summed E-state index contributed by atoms with van der Waals surface area (Å²) in [4.78, 5) is 0. The maximum absolute atomic E-state index is 14.8. The Morgan fingerprint density at radius 2 is 1.74 bits per heavy atom.